The Bertz CT molecular complexity index is 1090. The van der Waals surface area contributed by atoms with Crippen molar-refractivity contribution in [2.24, 2.45) is 0 Å². The van der Waals surface area contributed by atoms with E-state index in [-0.39, 0.29) is 11.6 Å². The summed E-state index contributed by atoms with van der Waals surface area (Å²) in [6, 6.07) is 11.5. The van der Waals surface area contributed by atoms with Gasteiger partial charge in [-0.05, 0) is 48.4 Å². The fraction of sp³-hybridized carbons (Fsp3) is 0.316. The van der Waals surface area contributed by atoms with Crippen LogP contribution in [0.25, 0.3) is 22.2 Å². The second kappa shape index (κ2) is 8.06. The fourth-order valence-electron chi connectivity index (χ4n) is 2.87. The largest absolute Gasteiger partial charge is 0.419 e. The highest BCUT2D eigenvalue weighted by Gasteiger charge is 2.10. The van der Waals surface area contributed by atoms with Gasteiger partial charge < -0.3 is 9.73 Å². The number of nitrogens with zero attached hydrogens (tertiary/aromatic N) is 1. The highest BCUT2D eigenvalue weighted by molar-refractivity contribution is 7.90. The molecule has 0 atom stereocenters. The molecule has 0 radical (unpaired) electrons. The monoisotopic (exact) mass is 392 g/mol. The van der Waals surface area contributed by atoms with Crippen molar-refractivity contribution in [1.82, 2.24) is 9.88 Å². The molecular weight excluding hydrogens is 371 g/mol. The maximum atomic E-state index is 13.1. The average Bonchev–Trinajstić information content (AvgIpc) is 2.92. The molecule has 0 aliphatic rings. The smallest absolute Gasteiger partial charge is 0.408 e. The zero-order valence-corrected chi connectivity index (χ0v) is 15.8. The summed E-state index contributed by atoms with van der Waals surface area (Å²) in [5, 5.41) is 3.13. The normalized spacial score (nSPS) is 11.9. The fourth-order valence-corrected chi connectivity index (χ4v) is 3.54. The topological polar surface area (TPSA) is 81.3 Å². The molecule has 0 amide bonds. The van der Waals surface area contributed by atoms with E-state index in [1.54, 1.807) is 18.2 Å². The molecule has 1 aromatic heterocycles. The summed E-state index contributed by atoms with van der Waals surface area (Å²) in [4.78, 5) is 12.1. The molecule has 0 aliphatic heterocycles. The minimum Gasteiger partial charge on any atom is -0.408 e. The van der Waals surface area contributed by atoms with Gasteiger partial charge in [-0.1, -0.05) is 18.2 Å². The molecular formula is C19H21FN2O4S. The Hall–Kier alpha value is -2.45. The van der Waals surface area contributed by atoms with Crippen LogP contribution in [0, 0.1) is 5.82 Å². The summed E-state index contributed by atoms with van der Waals surface area (Å²) in [5.41, 5.74) is 2.86. The lowest BCUT2D eigenvalue weighted by Gasteiger charge is -2.06. The number of halogens is 1. The van der Waals surface area contributed by atoms with Crippen LogP contribution in [-0.4, -0.2) is 38.1 Å². The van der Waals surface area contributed by atoms with E-state index in [9.17, 15) is 17.6 Å². The lowest BCUT2D eigenvalue weighted by Crippen LogP contribution is -2.26. The van der Waals surface area contributed by atoms with Crippen molar-refractivity contribution in [3.05, 3.63) is 58.8 Å². The van der Waals surface area contributed by atoms with Crippen LogP contribution in [0.1, 0.15) is 6.42 Å². The van der Waals surface area contributed by atoms with E-state index in [1.165, 1.54) is 23.0 Å². The third kappa shape index (κ3) is 5.05. The number of benzene rings is 2. The van der Waals surface area contributed by atoms with Gasteiger partial charge in [-0.15, -0.1) is 0 Å². The number of sulfone groups is 1. The van der Waals surface area contributed by atoms with E-state index in [1.807, 2.05) is 12.1 Å². The summed E-state index contributed by atoms with van der Waals surface area (Å²) in [6.45, 7) is 1.47. The van der Waals surface area contributed by atoms with Gasteiger partial charge in [-0.2, -0.15) is 0 Å². The predicted molar refractivity (Wildman–Crippen MR) is 103 cm³/mol. The van der Waals surface area contributed by atoms with Crippen LogP contribution in [0.5, 0.6) is 0 Å². The van der Waals surface area contributed by atoms with Gasteiger partial charge in [0.05, 0.1) is 11.3 Å². The Labute approximate surface area is 156 Å². The van der Waals surface area contributed by atoms with E-state index < -0.39 is 15.6 Å². The predicted octanol–water partition coefficient (Wildman–Crippen LogP) is 2.42. The summed E-state index contributed by atoms with van der Waals surface area (Å²) in [7, 11) is -2.96. The summed E-state index contributed by atoms with van der Waals surface area (Å²) >= 11 is 0. The van der Waals surface area contributed by atoms with E-state index in [2.05, 4.69) is 5.32 Å². The maximum Gasteiger partial charge on any atom is 0.419 e. The molecule has 0 fully saturated rings. The molecule has 0 aliphatic carbocycles. The van der Waals surface area contributed by atoms with E-state index in [4.69, 9.17) is 4.42 Å². The molecule has 3 aromatic rings. The van der Waals surface area contributed by atoms with Crippen LogP contribution in [-0.2, 0) is 16.4 Å². The second-order valence-electron chi connectivity index (χ2n) is 6.44. The molecule has 0 saturated carbocycles. The van der Waals surface area contributed by atoms with Crippen LogP contribution < -0.4 is 11.1 Å². The third-order valence-electron chi connectivity index (χ3n) is 4.23. The summed E-state index contributed by atoms with van der Waals surface area (Å²) < 4.78 is 42.1. The minimum absolute atomic E-state index is 0.135. The molecule has 0 spiro atoms. The number of aromatic nitrogens is 1. The van der Waals surface area contributed by atoms with Crippen LogP contribution in [0.2, 0.25) is 0 Å². The van der Waals surface area contributed by atoms with Crippen molar-refractivity contribution in [3.63, 3.8) is 0 Å². The Morgan fingerprint density at radius 3 is 2.48 bits per heavy atom. The molecule has 0 bridgehead atoms. The zero-order valence-electron chi connectivity index (χ0n) is 14.9. The molecule has 27 heavy (non-hydrogen) atoms. The number of oxazole rings is 1. The lowest BCUT2D eigenvalue weighted by atomic mass is 10.1. The molecule has 8 heteroatoms. The SMILES string of the molecule is CS(=O)(=O)CCCNCCn1c(=O)oc2ccc(-c3ccc(F)cc3)cc21. The molecule has 2 aromatic carbocycles. The van der Waals surface area contributed by atoms with E-state index in [0.717, 1.165) is 11.1 Å². The number of hydrogen-bond donors (Lipinski definition) is 1. The first-order valence-electron chi connectivity index (χ1n) is 8.61. The number of fused-ring (bicyclic) bond motifs is 1. The third-order valence-corrected chi connectivity index (χ3v) is 5.26. The first-order chi connectivity index (χ1) is 12.8. The van der Waals surface area contributed by atoms with Gasteiger partial charge in [0.25, 0.3) is 0 Å². The Morgan fingerprint density at radius 2 is 1.78 bits per heavy atom. The molecule has 0 unspecified atom stereocenters. The molecule has 3 rings (SSSR count). The zero-order chi connectivity index (χ0) is 19.4. The van der Waals surface area contributed by atoms with Gasteiger partial charge in [-0.25, -0.2) is 17.6 Å². The second-order valence-corrected chi connectivity index (χ2v) is 8.70. The van der Waals surface area contributed by atoms with Crippen molar-refractivity contribution in [2.75, 3.05) is 25.1 Å². The lowest BCUT2D eigenvalue weighted by molar-refractivity contribution is 0.494. The van der Waals surface area contributed by atoms with Crippen LogP contribution in [0.15, 0.2) is 51.7 Å². The van der Waals surface area contributed by atoms with E-state index >= 15 is 0 Å². The highest BCUT2D eigenvalue weighted by atomic mass is 32.2. The van der Waals surface area contributed by atoms with Gasteiger partial charge in [0.15, 0.2) is 5.58 Å². The standard InChI is InChI=1S/C19H21FN2O4S/c1-27(24,25)12-2-9-21-10-11-22-17-13-15(5-8-18(17)26-19(22)23)14-3-6-16(20)7-4-14/h3-8,13,21H,2,9-12H2,1H3. The summed E-state index contributed by atoms with van der Waals surface area (Å²) in [6.07, 6.45) is 1.73. The van der Waals surface area contributed by atoms with Crippen molar-refractivity contribution in [1.29, 1.82) is 0 Å². The van der Waals surface area contributed by atoms with Gasteiger partial charge in [0.2, 0.25) is 0 Å². The van der Waals surface area contributed by atoms with Gasteiger partial charge >= 0.3 is 5.76 Å². The Kier molecular flexibility index (Phi) is 5.76. The molecule has 0 saturated heterocycles. The van der Waals surface area contributed by atoms with Crippen LogP contribution in [0.4, 0.5) is 4.39 Å². The Balaban J connectivity index is 1.71. The van der Waals surface area contributed by atoms with Crippen LogP contribution in [0.3, 0.4) is 0 Å². The minimum atomic E-state index is -2.96. The van der Waals surface area contributed by atoms with Crippen molar-refractivity contribution in [2.45, 2.75) is 13.0 Å². The van der Waals surface area contributed by atoms with Gasteiger partial charge in [0, 0.05) is 19.3 Å². The maximum absolute atomic E-state index is 13.1. The molecule has 1 heterocycles. The number of hydrogen-bond acceptors (Lipinski definition) is 5. The van der Waals surface area contributed by atoms with Crippen molar-refractivity contribution in [3.8, 4) is 11.1 Å². The van der Waals surface area contributed by atoms with Crippen LogP contribution >= 0.6 is 0 Å². The van der Waals surface area contributed by atoms with Crippen molar-refractivity contribution < 1.29 is 17.2 Å². The quantitative estimate of drug-likeness (QED) is 0.596. The molecule has 144 valence electrons. The highest BCUT2D eigenvalue weighted by Crippen LogP contribution is 2.24. The first kappa shape index (κ1) is 19.3. The van der Waals surface area contributed by atoms with Gasteiger partial charge in [-0.3, -0.25) is 4.57 Å². The van der Waals surface area contributed by atoms with E-state index in [0.29, 0.717) is 37.2 Å². The first-order valence-corrected chi connectivity index (χ1v) is 10.7. The summed E-state index contributed by atoms with van der Waals surface area (Å²) in [5.74, 6) is -0.614. The van der Waals surface area contributed by atoms with Gasteiger partial charge in [0.1, 0.15) is 15.7 Å². The van der Waals surface area contributed by atoms with Crippen molar-refractivity contribution >= 4 is 20.9 Å². The molecule has 1 N–H and O–H groups in total. The number of rotatable bonds is 8. The Morgan fingerprint density at radius 1 is 1.07 bits per heavy atom. The molecule has 6 nitrogen and oxygen atoms in total. The number of nitrogens with one attached hydrogen (secondary N) is 1. The average molecular weight is 392 g/mol.